The van der Waals surface area contributed by atoms with Gasteiger partial charge in [0.15, 0.2) is 0 Å². The molecule has 2 unspecified atom stereocenters. The van der Waals surface area contributed by atoms with Gasteiger partial charge in [0.2, 0.25) is 0 Å². The van der Waals surface area contributed by atoms with E-state index in [0.717, 1.165) is 12.8 Å². The van der Waals surface area contributed by atoms with Gasteiger partial charge in [0.1, 0.15) is 0 Å². The molecule has 2 aliphatic carbocycles. The summed E-state index contributed by atoms with van der Waals surface area (Å²) in [6.07, 6.45) is 8.80. The van der Waals surface area contributed by atoms with Crippen LogP contribution in [-0.4, -0.2) is 9.52 Å². The van der Waals surface area contributed by atoms with E-state index in [1.807, 2.05) is 0 Å². The van der Waals surface area contributed by atoms with Gasteiger partial charge >= 0.3 is 201 Å². The van der Waals surface area contributed by atoms with E-state index in [4.69, 9.17) is 0 Å². The number of benzene rings is 2. The van der Waals surface area contributed by atoms with Gasteiger partial charge in [-0.2, -0.15) is 0 Å². The molecule has 1 aliphatic heterocycles. The molecule has 2 aromatic carbocycles. The van der Waals surface area contributed by atoms with Crippen LogP contribution < -0.4 is 24.8 Å². The van der Waals surface area contributed by atoms with E-state index in [1.165, 1.54) is 33.4 Å². The summed E-state index contributed by atoms with van der Waals surface area (Å²) in [6.45, 7) is 14.0. The zero-order chi connectivity index (χ0) is 24.9. The summed E-state index contributed by atoms with van der Waals surface area (Å²) in [5, 5.41) is 0. The van der Waals surface area contributed by atoms with E-state index >= 15 is 0 Å². The molecule has 0 spiro atoms. The molecule has 3 aliphatic rings. The number of halogens is 2. The quantitative estimate of drug-likeness (QED) is 0.432. The van der Waals surface area contributed by atoms with Gasteiger partial charge in [0.25, 0.3) is 0 Å². The summed E-state index contributed by atoms with van der Waals surface area (Å²) in [4.78, 5) is 0. The Bertz CT molecular complexity index is 1110. The summed E-state index contributed by atoms with van der Waals surface area (Å²) in [7, 11) is 0.605. The van der Waals surface area contributed by atoms with Crippen LogP contribution in [0.25, 0.3) is 11.1 Å². The summed E-state index contributed by atoms with van der Waals surface area (Å²) in [5.74, 6) is 1.15. The van der Waals surface area contributed by atoms with Gasteiger partial charge in [0, 0.05) is 9.52 Å². The average Bonchev–Trinajstić information content (AvgIpc) is 3.28. The fourth-order valence-electron chi connectivity index (χ4n) is 5.24. The molecule has 0 saturated carbocycles. The Morgan fingerprint density at radius 2 is 1.11 bits per heavy atom. The predicted molar refractivity (Wildman–Crippen MR) is 154 cm³/mol. The van der Waals surface area contributed by atoms with Crippen LogP contribution >= 0.6 is 0 Å². The monoisotopic (exact) mass is 626 g/mol. The molecular formula is C33H42Cl2SiZr. The summed E-state index contributed by atoms with van der Waals surface area (Å²) >= 11 is -0.823. The molecule has 0 bridgehead atoms. The van der Waals surface area contributed by atoms with Crippen molar-refractivity contribution in [2.75, 3.05) is 0 Å². The van der Waals surface area contributed by atoms with Crippen molar-refractivity contribution in [3.8, 4) is 0 Å². The topological polar surface area (TPSA) is 0 Å². The van der Waals surface area contributed by atoms with Crippen molar-refractivity contribution < 1.29 is 48.0 Å². The molecule has 37 heavy (non-hydrogen) atoms. The number of rotatable bonds is 6. The van der Waals surface area contributed by atoms with Gasteiger partial charge in [-0.3, -0.25) is 0 Å². The smallest absolute Gasteiger partial charge is 1.00 e. The van der Waals surface area contributed by atoms with Crippen molar-refractivity contribution in [3.63, 3.8) is 0 Å². The number of aryl methyl sites for hydroxylation is 2. The first-order valence-electron chi connectivity index (χ1n) is 13.7. The molecule has 0 aromatic heterocycles. The van der Waals surface area contributed by atoms with E-state index in [-0.39, 0.29) is 24.8 Å². The fourth-order valence-corrected chi connectivity index (χ4v) is 9.57. The van der Waals surface area contributed by atoms with Crippen molar-refractivity contribution in [1.29, 1.82) is 0 Å². The second-order valence-corrected chi connectivity index (χ2v) is 15.8. The maximum absolute atomic E-state index is 2.52. The number of allylic oxidation sites excluding steroid dienone is 8. The van der Waals surface area contributed by atoms with Crippen molar-refractivity contribution in [2.45, 2.75) is 72.9 Å². The zero-order valence-corrected chi connectivity index (χ0v) is 28.8. The van der Waals surface area contributed by atoms with E-state index in [2.05, 4.69) is 102 Å². The summed E-state index contributed by atoms with van der Waals surface area (Å²) in [6, 6.07) is 21.6. The zero-order valence-electron chi connectivity index (χ0n) is 23.4. The van der Waals surface area contributed by atoms with Crippen molar-refractivity contribution >= 4 is 20.7 Å². The van der Waals surface area contributed by atoms with Crippen molar-refractivity contribution in [3.05, 3.63) is 101 Å². The molecule has 0 radical (unpaired) electrons. The van der Waals surface area contributed by atoms with Gasteiger partial charge in [-0.15, -0.1) is 0 Å². The van der Waals surface area contributed by atoms with Crippen LogP contribution in [0.5, 0.6) is 0 Å². The second-order valence-electron chi connectivity index (χ2n) is 10.5. The standard InChI is InChI=1S/2C15H17.C3H8Si.2ClH.Zr/c2*1-4-13-6-5-7-14(10-13)15-9-11(2)8-12(15)3;1-2-4-3-1;;;/h2*5-7,9-11H,4H2,1-3H3;1-4H2;2*1H;/q;;;;;+2/p-2. The molecule has 4 heteroatoms. The SMILES string of the molecule is C1C[SiH2]C1.CCc1cccc(C2=CC(C)[C]([Zr+2][C]3=C(C)C(c4cccc(CC)c4)=CC3C)=C2C)c1.[Cl-].[Cl-]. The van der Waals surface area contributed by atoms with Gasteiger partial charge in [-0.25, -0.2) is 0 Å². The van der Waals surface area contributed by atoms with Crippen LogP contribution in [0.1, 0.15) is 70.2 Å². The van der Waals surface area contributed by atoms with E-state index in [9.17, 15) is 0 Å². The molecule has 0 amide bonds. The molecule has 0 nitrogen and oxygen atoms in total. The molecule has 5 rings (SSSR count). The fraction of sp³-hybridized carbons (Fsp3) is 0.394. The average molecular weight is 629 g/mol. The molecule has 1 saturated heterocycles. The molecule has 1 fully saturated rings. The van der Waals surface area contributed by atoms with Crippen LogP contribution in [0.15, 0.2) is 78.4 Å². The first-order chi connectivity index (χ1) is 16.9. The Morgan fingerprint density at radius 1 is 0.730 bits per heavy atom. The van der Waals surface area contributed by atoms with Crippen LogP contribution in [-0.2, 0) is 36.1 Å². The largest absolute Gasteiger partial charge is 1.00 e. The minimum Gasteiger partial charge on any atom is -1.00 e. The normalized spacial score (nSPS) is 20.1. The Balaban J connectivity index is 0.000000733. The van der Waals surface area contributed by atoms with Crippen molar-refractivity contribution in [1.82, 2.24) is 0 Å². The molecule has 196 valence electrons. The third kappa shape index (κ3) is 7.60. The first kappa shape index (κ1) is 32.3. The third-order valence-corrected chi connectivity index (χ3v) is 15.3. The Kier molecular flexibility index (Phi) is 13.1. The van der Waals surface area contributed by atoms with Gasteiger partial charge in [-0.05, 0) is 0 Å². The van der Waals surface area contributed by atoms with Gasteiger partial charge in [0.05, 0.1) is 0 Å². The summed E-state index contributed by atoms with van der Waals surface area (Å²) in [5.41, 5.74) is 11.7. The van der Waals surface area contributed by atoms with Gasteiger partial charge < -0.3 is 24.8 Å². The third-order valence-electron chi connectivity index (χ3n) is 7.92. The molecule has 2 aromatic rings. The molecule has 0 N–H and O–H groups in total. The Hall–Kier alpha value is -0.920. The van der Waals surface area contributed by atoms with Crippen LogP contribution in [0.2, 0.25) is 12.1 Å². The van der Waals surface area contributed by atoms with E-state index in [0.29, 0.717) is 21.4 Å². The van der Waals surface area contributed by atoms with E-state index < -0.39 is 23.2 Å². The van der Waals surface area contributed by atoms with E-state index in [1.54, 1.807) is 36.2 Å². The van der Waals surface area contributed by atoms with Gasteiger partial charge in [-0.1, -0.05) is 18.5 Å². The number of hydrogen-bond donors (Lipinski definition) is 0. The minimum absolute atomic E-state index is 0. The van der Waals surface area contributed by atoms with Crippen LogP contribution in [0.3, 0.4) is 0 Å². The second kappa shape index (κ2) is 15.0. The maximum atomic E-state index is 2.52. The molecule has 2 atom stereocenters. The Labute approximate surface area is 252 Å². The van der Waals surface area contributed by atoms with Crippen LogP contribution in [0, 0.1) is 11.8 Å². The van der Waals surface area contributed by atoms with Crippen LogP contribution in [0.4, 0.5) is 0 Å². The maximum Gasteiger partial charge on any atom is -1.00 e. The minimum atomic E-state index is -0.823. The number of hydrogen-bond acceptors (Lipinski definition) is 0. The molecular weight excluding hydrogens is 587 g/mol. The predicted octanol–water partition coefficient (Wildman–Crippen LogP) is 2.61. The Morgan fingerprint density at radius 3 is 1.43 bits per heavy atom. The molecule has 1 heterocycles. The first-order valence-corrected chi connectivity index (χ1v) is 18.2. The summed E-state index contributed by atoms with van der Waals surface area (Å²) < 4.78 is 3.53. The van der Waals surface area contributed by atoms with Crippen molar-refractivity contribution in [2.24, 2.45) is 11.8 Å².